The lowest BCUT2D eigenvalue weighted by molar-refractivity contribution is -0.137. The molecule has 0 aromatic heterocycles. The highest BCUT2D eigenvalue weighted by Gasteiger charge is 2.27. The molecular weight excluding hydrogens is 188 g/mol. The smallest absolute Gasteiger partial charge is 0.226 e. The van der Waals surface area contributed by atoms with Gasteiger partial charge in [0.2, 0.25) is 5.91 Å². The number of amides is 1. The first-order chi connectivity index (χ1) is 7.04. The Balaban J connectivity index is 2.50. The fourth-order valence-electron chi connectivity index (χ4n) is 2.00. The van der Waals surface area contributed by atoms with Crippen molar-refractivity contribution in [2.75, 3.05) is 20.1 Å². The third-order valence-corrected chi connectivity index (χ3v) is 3.57. The van der Waals surface area contributed by atoms with E-state index in [2.05, 4.69) is 26.1 Å². The van der Waals surface area contributed by atoms with Gasteiger partial charge in [-0.3, -0.25) is 4.79 Å². The first kappa shape index (κ1) is 12.5. The summed E-state index contributed by atoms with van der Waals surface area (Å²) < 4.78 is 0. The zero-order valence-electron chi connectivity index (χ0n) is 10.4. The highest BCUT2D eigenvalue weighted by atomic mass is 16.2. The Hall–Kier alpha value is -0.570. The molecule has 0 radical (unpaired) electrons. The van der Waals surface area contributed by atoms with Gasteiger partial charge in [-0.25, -0.2) is 0 Å². The van der Waals surface area contributed by atoms with E-state index >= 15 is 0 Å². The van der Waals surface area contributed by atoms with Gasteiger partial charge in [0.05, 0.1) is 5.92 Å². The molecule has 0 aliphatic carbocycles. The topological polar surface area (TPSA) is 32.3 Å². The van der Waals surface area contributed by atoms with Crippen LogP contribution in [-0.2, 0) is 4.79 Å². The predicted molar refractivity (Wildman–Crippen MR) is 62.7 cm³/mol. The monoisotopic (exact) mass is 212 g/mol. The molecular formula is C12H24N2O. The van der Waals surface area contributed by atoms with Crippen LogP contribution >= 0.6 is 0 Å². The second-order valence-electron chi connectivity index (χ2n) is 4.98. The van der Waals surface area contributed by atoms with Crippen LogP contribution in [0.3, 0.4) is 0 Å². The SMILES string of the molecule is CC(C)C(C)N(C)C(=O)C1CCCNC1. The van der Waals surface area contributed by atoms with Gasteiger partial charge in [0, 0.05) is 19.6 Å². The fourth-order valence-corrected chi connectivity index (χ4v) is 2.00. The molecule has 2 atom stereocenters. The summed E-state index contributed by atoms with van der Waals surface area (Å²) in [5, 5.41) is 3.29. The molecule has 1 aliphatic heterocycles. The zero-order valence-corrected chi connectivity index (χ0v) is 10.4. The number of nitrogens with zero attached hydrogens (tertiary/aromatic N) is 1. The van der Waals surface area contributed by atoms with E-state index in [0.717, 1.165) is 25.9 Å². The van der Waals surface area contributed by atoms with Crippen molar-refractivity contribution in [2.45, 2.75) is 39.7 Å². The second kappa shape index (κ2) is 5.50. The number of nitrogens with one attached hydrogen (secondary N) is 1. The highest BCUT2D eigenvalue weighted by molar-refractivity contribution is 5.79. The Morgan fingerprint density at radius 2 is 2.07 bits per heavy atom. The van der Waals surface area contributed by atoms with E-state index in [4.69, 9.17) is 0 Å². The summed E-state index contributed by atoms with van der Waals surface area (Å²) in [5.41, 5.74) is 0. The molecule has 2 unspecified atom stereocenters. The molecule has 88 valence electrons. The van der Waals surface area contributed by atoms with Crippen molar-refractivity contribution in [1.29, 1.82) is 0 Å². The minimum atomic E-state index is 0.199. The fraction of sp³-hybridized carbons (Fsp3) is 0.917. The third-order valence-electron chi connectivity index (χ3n) is 3.57. The van der Waals surface area contributed by atoms with Crippen molar-refractivity contribution in [3.05, 3.63) is 0 Å². The van der Waals surface area contributed by atoms with Gasteiger partial charge >= 0.3 is 0 Å². The van der Waals surface area contributed by atoms with Crippen LogP contribution in [0.4, 0.5) is 0 Å². The molecule has 15 heavy (non-hydrogen) atoms. The quantitative estimate of drug-likeness (QED) is 0.768. The van der Waals surface area contributed by atoms with Crippen molar-refractivity contribution >= 4 is 5.91 Å². The van der Waals surface area contributed by atoms with Gasteiger partial charge in [-0.2, -0.15) is 0 Å². The Kier molecular flexibility index (Phi) is 4.58. The minimum absolute atomic E-state index is 0.199. The maximum Gasteiger partial charge on any atom is 0.226 e. The minimum Gasteiger partial charge on any atom is -0.343 e. The Bertz CT molecular complexity index is 210. The Morgan fingerprint density at radius 3 is 2.53 bits per heavy atom. The molecule has 1 rings (SSSR count). The molecule has 1 aliphatic rings. The number of piperidine rings is 1. The lowest BCUT2D eigenvalue weighted by atomic mass is 9.96. The largest absolute Gasteiger partial charge is 0.343 e. The summed E-state index contributed by atoms with van der Waals surface area (Å²) in [5.74, 6) is 1.03. The van der Waals surface area contributed by atoms with Gasteiger partial charge in [0.15, 0.2) is 0 Å². The standard InChI is InChI=1S/C12H24N2O/c1-9(2)10(3)14(4)12(15)11-6-5-7-13-8-11/h9-11,13H,5-8H2,1-4H3. The number of carbonyl (C=O) groups excluding carboxylic acids is 1. The van der Waals surface area contributed by atoms with Crippen LogP contribution in [0.5, 0.6) is 0 Å². The molecule has 0 bridgehead atoms. The van der Waals surface area contributed by atoms with Crippen molar-refractivity contribution in [3.8, 4) is 0 Å². The summed E-state index contributed by atoms with van der Waals surface area (Å²) in [6.45, 7) is 8.36. The zero-order chi connectivity index (χ0) is 11.4. The lowest BCUT2D eigenvalue weighted by Crippen LogP contribution is -2.46. The molecule has 0 aromatic carbocycles. The van der Waals surface area contributed by atoms with Gasteiger partial charge in [0.25, 0.3) is 0 Å². The lowest BCUT2D eigenvalue weighted by Gasteiger charge is -2.32. The molecule has 0 saturated carbocycles. The van der Waals surface area contributed by atoms with E-state index in [-0.39, 0.29) is 5.92 Å². The first-order valence-corrected chi connectivity index (χ1v) is 6.01. The van der Waals surface area contributed by atoms with Crippen molar-refractivity contribution in [2.24, 2.45) is 11.8 Å². The number of carbonyl (C=O) groups is 1. The van der Waals surface area contributed by atoms with E-state index in [1.165, 1.54) is 0 Å². The second-order valence-corrected chi connectivity index (χ2v) is 4.98. The van der Waals surface area contributed by atoms with Crippen LogP contribution in [-0.4, -0.2) is 37.0 Å². The summed E-state index contributed by atoms with van der Waals surface area (Å²) in [7, 11) is 1.93. The Morgan fingerprint density at radius 1 is 1.40 bits per heavy atom. The van der Waals surface area contributed by atoms with E-state index < -0.39 is 0 Å². The van der Waals surface area contributed by atoms with E-state index in [9.17, 15) is 4.79 Å². The average Bonchev–Trinajstić information content (AvgIpc) is 2.27. The summed E-state index contributed by atoms with van der Waals surface area (Å²) in [6.07, 6.45) is 2.17. The van der Waals surface area contributed by atoms with Crippen molar-refractivity contribution in [3.63, 3.8) is 0 Å². The molecule has 0 spiro atoms. The Labute approximate surface area is 93.2 Å². The van der Waals surface area contributed by atoms with Crippen molar-refractivity contribution < 1.29 is 4.79 Å². The summed E-state index contributed by atoms with van der Waals surface area (Å²) in [4.78, 5) is 14.0. The van der Waals surface area contributed by atoms with E-state index in [0.29, 0.717) is 17.9 Å². The van der Waals surface area contributed by atoms with Crippen LogP contribution < -0.4 is 5.32 Å². The van der Waals surface area contributed by atoms with Crippen molar-refractivity contribution in [1.82, 2.24) is 10.2 Å². The maximum atomic E-state index is 12.1. The van der Waals surface area contributed by atoms with Gasteiger partial charge < -0.3 is 10.2 Å². The maximum absolute atomic E-state index is 12.1. The molecule has 1 N–H and O–H groups in total. The molecule has 1 heterocycles. The molecule has 0 aromatic rings. The van der Waals surface area contributed by atoms with Gasteiger partial charge in [-0.1, -0.05) is 13.8 Å². The van der Waals surface area contributed by atoms with Crippen LogP contribution in [0.2, 0.25) is 0 Å². The van der Waals surface area contributed by atoms with Gasteiger partial charge in [0.1, 0.15) is 0 Å². The average molecular weight is 212 g/mol. The van der Waals surface area contributed by atoms with Gasteiger partial charge in [-0.15, -0.1) is 0 Å². The van der Waals surface area contributed by atoms with Crippen LogP contribution in [0, 0.1) is 11.8 Å². The van der Waals surface area contributed by atoms with Crippen LogP contribution in [0.1, 0.15) is 33.6 Å². The third kappa shape index (κ3) is 3.20. The highest BCUT2D eigenvalue weighted by Crippen LogP contribution is 2.16. The van der Waals surface area contributed by atoms with Crippen LogP contribution in [0.25, 0.3) is 0 Å². The number of rotatable bonds is 3. The predicted octanol–water partition coefficient (Wildman–Crippen LogP) is 1.49. The molecule has 3 nitrogen and oxygen atoms in total. The number of hydrogen-bond donors (Lipinski definition) is 1. The van der Waals surface area contributed by atoms with E-state index in [1.807, 2.05) is 11.9 Å². The molecule has 1 fully saturated rings. The summed E-state index contributed by atoms with van der Waals surface area (Å²) >= 11 is 0. The normalized spacial score (nSPS) is 23.9. The first-order valence-electron chi connectivity index (χ1n) is 6.01. The summed E-state index contributed by atoms with van der Waals surface area (Å²) in [6, 6.07) is 0.333. The molecule has 3 heteroatoms. The number of hydrogen-bond acceptors (Lipinski definition) is 2. The van der Waals surface area contributed by atoms with Gasteiger partial charge in [-0.05, 0) is 32.2 Å². The molecule has 1 saturated heterocycles. The van der Waals surface area contributed by atoms with Crippen LogP contribution in [0.15, 0.2) is 0 Å². The van der Waals surface area contributed by atoms with E-state index in [1.54, 1.807) is 0 Å². The molecule has 1 amide bonds.